The van der Waals surface area contributed by atoms with Gasteiger partial charge in [-0.1, -0.05) is 37.3 Å². The second kappa shape index (κ2) is 21.0. The van der Waals surface area contributed by atoms with E-state index in [0.717, 1.165) is 5.56 Å². The molecule has 0 atom stereocenters. The summed E-state index contributed by atoms with van der Waals surface area (Å²) in [6, 6.07) is 12.9. The van der Waals surface area contributed by atoms with Crippen LogP contribution < -0.4 is 4.90 Å². The number of anilines is 1. The van der Waals surface area contributed by atoms with Gasteiger partial charge in [0.25, 0.3) is 30.4 Å². The minimum atomic E-state index is -4.97. The Morgan fingerprint density at radius 2 is 1.47 bits per heavy atom. The van der Waals surface area contributed by atoms with Crippen LogP contribution in [0.25, 0.3) is 21.5 Å². The summed E-state index contributed by atoms with van der Waals surface area (Å²) in [7, 11) is -17.4. The summed E-state index contributed by atoms with van der Waals surface area (Å²) >= 11 is 0. The molecule has 0 saturated carbocycles. The van der Waals surface area contributed by atoms with Crippen LogP contribution in [0.2, 0.25) is 0 Å². The number of unbranched alkanes of at least 4 members (excludes halogenated alkanes) is 3. The first-order valence-corrected chi connectivity index (χ1v) is 26.9. The number of hydrogen-bond acceptors (Lipinski definition) is 12. The van der Waals surface area contributed by atoms with Crippen LogP contribution in [0.4, 0.5) is 11.4 Å². The summed E-state index contributed by atoms with van der Waals surface area (Å²) in [5.74, 6) is -1.37. The van der Waals surface area contributed by atoms with Crippen molar-refractivity contribution in [1.82, 2.24) is 0 Å². The van der Waals surface area contributed by atoms with Crippen LogP contribution in [0.5, 0.6) is 0 Å². The van der Waals surface area contributed by atoms with E-state index >= 15 is 0 Å². The first kappa shape index (κ1) is 52.1. The van der Waals surface area contributed by atoms with E-state index in [4.69, 9.17) is 4.74 Å². The number of carbonyl (C=O) groups is 1. The van der Waals surface area contributed by atoms with Gasteiger partial charge in [-0.3, -0.25) is 18.5 Å². The van der Waals surface area contributed by atoms with Gasteiger partial charge < -0.3 is 19.3 Å². The molecule has 0 radical (unpaired) electrons. The molecule has 0 aliphatic carbocycles. The SMILES string of the molecule is CCc1c(N(CCOC)C(=CC=CC=CC2=[N+](CCCCCC(=O)O)c3ccc4c(S(=O)(=O)O)cc(S(=O)(=O)O)cc4c3C2(C)C)CCCCS(=O)(=O)O)ccc2ccc(S(=O)(=O)[O-])cc12. The summed E-state index contributed by atoms with van der Waals surface area (Å²) in [5, 5.41) is 10.7. The Kier molecular flexibility index (Phi) is 16.6. The second-order valence-corrected chi connectivity index (χ2v) is 22.1. The first-order chi connectivity index (χ1) is 30.8. The van der Waals surface area contributed by atoms with E-state index in [1.807, 2.05) is 54.5 Å². The standard InChI is InChI=1S/C45H54N2O15S4/c1-5-35-37-28-33(64(53,54)55)20-18-31(37)19-22-39(35)46(25-26-62-4)32(15-11-13-27-63(50,51)52)14-8-6-9-16-42-45(2,3)44-38-29-34(65(56,57)58)30-41(66(59,60)61)36(38)21-23-40(44)47(42)24-12-7-10-17-43(48)49/h6,8-9,14,16,18-23,28-30H,5,7,10-13,15,17,24-27H2,1-4H3,(H4-,48,49,50,51,52,53,54,55,56,57,58,59,60,61). The molecule has 0 fully saturated rings. The highest BCUT2D eigenvalue weighted by molar-refractivity contribution is 7.87. The first-order valence-electron chi connectivity index (χ1n) is 21.0. The van der Waals surface area contributed by atoms with Gasteiger partial charge in [-0.15, -0.1) is 0 Å². The van der Waals surface area contributed by atoms with Crippen LogP contribution in [0.1, 0.15) is 76.8 Å². The number of rotatable bonds is 23. The van der Waals surface area contributed by atoms with Crippen molar-refractivity contribution in [3.05, 3.63) is 102 Å². The fourth-order valence-corrected chi connectivity index (χ4v) is 10.9. The van der Waals surface area contributed by atoms with Gasteiger partial charge in [-0.2, -0.15) is 29.8 Å². The number of carboxylic acids is 1. The molecule has 0 bridgehead atoms. The summed E-state index contributed by atoms with van der Waals surface area (Å²) in [6.07, 6.45) is 11.8. The molecule has 4 aromatic carbocycles. The molecule has 0 unspecified atom stereocenters. The zero-order valence-electron chi connectivity index (χ0n) is 36.9. The number of allylic oxidation sites excluding steroid dienone is 6. The molecule has 358 valence electrons. The van der Waals surface area contributed by atoms with E-state index in [2.05, 4.69) is 0 Å². The molecule has 0 saturated heterocycles. The maximum atomic E-state index is 12.6. The molecule has 17 nitrogen and oxygen atoms in total. The molecule has 66 heavy (non-hydrogen) atoms. The zero-order chi connectivity index (χ0) is 48.8. The maximum Gasteiger partial charge on any atom is 0.303 e. The van der Waals surface area contributed by atoms with E-state index in [0.29, 0.717) is 96.8 Å². The van der Waals surface area contributed by atoms with Crippen LogP contribution in [0.15, 0.2) is 105 Å². The van der Waals surface area contributed by atoms with E-state index < -0.39 is 67.4 Å². The average molecular weight is 991 g/mol. The lowest BCUT2D eigenvalue weighted by molar-refractivity contribution is -0.438. The number of hydrogen-bond donors (Lipinski definition) is 4. The molecule has 1 aliphatic rings. The van der Waals surface area contributed by atoms with Crippen molar-refractivity contribution in [1.29, 1.82) is 0 Å². The number of fused-ring (bicyclic) bond motifs is 4. The topological polar surface area (TPSA) is 273 Å². The summed E-state index contributed by atoms with van der Waals surface area (Å²) in [6.45, 7) is 6.58. The molecule has 0 amide bonds. The molecule has 0 aromatic heterocycles. The van der Waals surface area contributed by atoms with Crippen molar-refractivity contribution in [2.45, 2.75) is 92.2 Å². The number of aliphatic carboxylic acids is 1. The second-order valence-electron chi connectivity index (χ2n) is 16.3. The van der Waals surface area contributed by atoms with Gasteiger partial charge >= 0.3 is 5.97 Å². The Balaban J connectivity index is 1.63. The van der Waals surface area contributed by atoms with Crippen molar-refractivity contribution in [3.63, 3.8) is 0 Å². The molecule has 1 heterocycles. The molecule has 1 aliphatic heterocycles. The highest BCUT2D eigenvalue weighted by Gasteiger charge is 2.46. The fourth-order valence-electron chi connectivity index (χ4n) is 8.47. The Morgan fingerprint density at radius 3 is 2.09 bits per heavy atom. The van der Waals surface area contributed by atoms with Crippen molar-refractivity contribution >= 4 is 85.1 Å². The predicted octanol–water partition coefficient (Wildman–Crippen LogP) is 7.18. The van der Waals surface area contributed by atoms with Crippen LogP contribution in [-0.4, -0.2) is 106 Å². The third-order valence-corrected chi connectivity index (χ3v) is 14.8. The zero-order valence-corrected chi connectivity index (χ0v) is 40.1. The quantitative estimate of drug-likeness (QED) is 0.0248. The third-order valence-electron chi connectivity index (χ3n) is 11.5. The molecular weight excluding hydrogens is 937 g/mol. The lowest BCUT2D eigenvalue weighted by Gasteiger charge is -2.30. The van der Waals surface area contributed by atoms with Crippen LogP contribution in [0, 0.1) is 0 Å². The van der Waals surface area contributed by atoms with Crippen LogP contribution >= 0.6 is 0 Å². The normalized spacial score (nSPS) is 14.9. The van der Waals surface area contributed by atoms with Crippen molar-refractivity contribution in [2.75, 3.05) is 37.5 Å². The number of ether oxygens (including phenoxy) is 1. The van der Waals surface area contributed by atoms with Gasteiger partial charge in [-0.05, 0) is 117 Å². The summed E-state index contributed by atoms with van der Waals surface area (Å²) in [5.41, 5.74) is 3.06. The lowest BCUT2D eigenvalue weighted by Crippen LogP contribution is -2.28. The number of nitrogens with zero attached hydrogens (tertiary/aromatic N) is 2. The molecular formula is C45H54N2O15S4. The molecule has 5 rings (SSSR count). The lowest BCUT2D eigenvalue weighted by atomic mass is 9.79. The monoisotopic (exact) mass is 990 g/mol. The Morgan fingerprint density at radius 1 is 0.788 bits per heavy atom. The van der Waals surface area contributed by atoms with E-state index in [1.165, 1.54) is 31.4 Å². The maximum absolute atomic E-state index is 12.6. The minimum absolute atomic E-state index is 0.0168. The number of benzene rings is 4. The summed E-state index contributed by atoms with van der Waals surface area (Å²) in [4.78, 5) is 11.4. The molecule has 4 N–H and O–H groups in total. The van der Waals surface area contributed by atoms with Crippen molar-refractivity contribution in [2.24, 2.45) is 0 Å². The Labute approximate surface area is 385 Å². The van der Waals surface area contributed by atoms with Gasteiger partial charge in [0, 0.05) is 61.0 Å². The van der Waals surface area contributed by atoms with E-state index in [1.54, 1.807) is 30.4 Å². The molecule has 0 spiro atoms. The number of aryl methyl sites for hydroxylation is 1. The van der Waals surface area contributed by atoms with Crippen LogP contribution in [-0.2, 0) is 61.8 Å². The minimum Gasteiger partial charge on any atom is -0.744 e. The van der Waals surface area contributed by atoms with E-state index in [-0.39, 0.29) is 35.1 Å². The predicted molar refractivity (Wildman–Crippen MR) is 250 cm³/mol. The van der Waals surface area contributed by atoms with Crippen molar-refractivity contribution < 1.29 is 71.1 Å². The Bertz CT molecular complexity index is 3100. The number of carboxylic acid groups (broad SMARTS) is 1. The highest BCUT2D eigenvalue weighted by atomic mass is 32.2. The van der Waals surface area contributed by atoms with Gasteiger partial charge in [0.2, 0.25) is 5.69 Å². The largest absolute Gasteiger partial charge is 0.744 e. The van der Waals surface area contributed by atoms with Crippen molar-refractivity contribution in [3.8, 4) is 0 Å². The Hall–Kier alpha value is -4.84. The van der Waals surface area contributed by atoms with Gasteiger partial charge in [0.05, 0.1) is 27.6 Å². The van der Waals surface area contributed by atoms with Gasteiger partial charge in [-0.25, -0.2) is 8.42 Å². The third kappa shape index (κ3) is 12.6. The average Bonchev–Trinajstić information content (AvgIpc) is 3.44. The molecule has 4 aromatic rings. The highest BCUT2D eigenvalue weighted by Crippen LogP contribution is 2.46. The molecule has 21 heteroatoms. The number of methoxy groups -OCH3 is 1. The smallest absolute Gasteiger partial charge is 0.303 e. The fraction of sp³-hybridized carbons (Fsp3) is 0.378. The van der Waals surface area contributed by atoms with E-state index in [9.17, 15) is 61.8 Å². The summed E-state index contributed by atoms with van der Waals surface area (Å²) < 4.78 is 146. The van der Waals surface area contributed by atoms with Gasteiger partial charge in [0.1, 0.15) is 21.6 Å². The van der Waals surface area contributed by atoms with Gasteiger partial charge in [0.15, 0.2) is 5.71 Å². The van der Waals surface area contributed by atoms with Crippen LogP contribution in [0.3, 0.4) is 0 Å².